The van der Waals surface area contributed by atoms with Crippen LogP contribution in [-0.2, 0) is 26.6 Å². The Labute approximate surface area is 164 Å². The fraction of sp³-hybridized carbons (Fsp3) is 0.368. The van der Waals surface area contributed by atoms with E-state index in [1.165, 1.54) is 24.3 Å². The number of carbonyl (C=O) groups excluding carboxylic acids is 2. The molecule has 0 aliphatic heterocycles. The Balaban J connectivity index is 1.89. The number of aromatic nitrogens is 1. The quantitative estimate of drug-likeness (QED) is 0.501. The number of aryl methyl sites for hydroxylation is 1. The van der Waals surface area contributed by atoms with Crippen molar-refractivity contribution in [2.45, 2.75) is 25.7 Å². The first-order valence-electron chi connectivity index (χ1n) is 8.70. The van der Waals surface area contributed by atoms with Crippen molar-refractivity contribution < 1.29 is 27.5 Å². The number of nitrogens with one attached hydrogen (secondary N) is 1. The smallest absolute Gasteiger partial charge is 0.321 e. The zero-order valence-corrected chi connectivity index (χ0v) is 17.1. The van der Waals surface area contributed by atoms with Crippen LogP contribution < -0.4 is 9.46 Å². The van der Waals surface area contributed by atoms with Crippen molar-refractivity contribution in [1.29, 1.82) is 0 Å². The number of hydrogen-bond acceptors (Lipinski definition) is 6. The number of ketones is 1. The predicted octanol–water partition coefficient (Wildman–Crippen LogP) is 1.75. The normalized spacial score (nSPS) is 11.3. The summed E-state index contributed by atoms with van der Waals surface area (Å²) in [5, 5.41) is 0. The molecule has 1 aromatic heterocycles. The summed E-state index contributed by atoms with van der Waals surface area (Å²) < 4.78 is 38.6. The number of nitrogens with zero attached hydrogens (tertiary/aromatic N) is 1. The van der Waals surface area contributed by atoms with E-state index in [0.29, 0.717) is 17.9 Å². The number of rotatable bonds is 9. The average Bonchev–Trinajstić information content (AvgIpc) is 2.92. The van der Waals surface area contributed by atoms with Crippen molar-refractivity contribution in [3.63, 3.8) is 0 Å². The molecular formula is C19H24N2O6S. The molecule has 0 fully saturated rings. The van der Waals surface area contributed by atoms with Gasteiger partial charge in [0.25, 0.3) is 0 Å². The second kappa shape index (κ2) is 9.03. The third-order valence-electron chi connectivity index (χ3n) is 4.29. The van der Waals surface area contributed by atoms with Gasteiger partial charge in [-0.15, -0.1) is 0 Å². The van der Waals surface area contributed by atoms with Gasteiger partial charge in [0.1, 0.15) is 12.3 Å². The number of hydrogen-bond donors (Lipinski definition) is 1. The second-order valence-corrected chi connectivity index (χ2v) is 7.92. The van der Waals surface area contributed by atoms with Crippen LogP contribution >= 0.6 is 0 Å². The summed E-state index contributed by atoms with van der Waals surface area (Å²) in [7, 11) is -2.04. The SMILES string of the molecule is CCOc1ccc(S(=O)(=O)NCC(=O)OCC(=O)c2cc(C)n(C)c2C)cc1. The third kappa shape index (κ3) is 5.20. The van der Waals surface area contributed by atoms with Crippen LogP contribution in [-0.4, -0.2) is 44.5 Å². The molecule has 0 saturated heterocycles. The molecule has 0 atom stereocenters. The van der Waals surface area contributed by atoms with Gasteiger partial charge in [-0.25, -0.2) is 8.42 Å². The molecule has 28 heavy (non-hydrogen) atoms. The maximum absolute atomic E-state index is 12.2. The van der Waals surface area contributed by atoms with E-state index < -0.39 is 29.1 Å². The van der Waals surface area contributed by atoms with Crippen LogP contribution in [0.25, 0.3) is 0 Å². The van der Waals surface area contributed by atoms with Crippen molar-refractivity contribution >= 4 is 21.8 Å². The van der Waals surface area contributed by atoms with Crippen LogP contribution in [0.2, 0.25) is 0 Å². The number of esters is 1. The topological polar surface area (TPSA) is 104 Å². The van der Waals surface area contributed by atoms with Gasteiger partial charge in [0.15, 0.2) is 6.61 Å². The number of ether oxygens (including phenoxy) is 2. The molecule has 2 aromatic rings. The average molecular weight is 408 g/mol. The first-order chi connectivity index (χ1) is 13.2. The van der Waals surface area contributed by atoms with Gasteiger partial charge in [0.2, 0.25) is 15.8 Å². The molecule has 0 spiro atoms. The molecule has 1 aromatic carbocycles. The van der Waals surface area contributed by atoms with Crippen LogP contribution in [0.15, 0.2) is 35.2 Å². The summed E-state index contributed by atoms with van der Waals surface area (Å²) in [4.78, 5) is 24.0. The summed E-state index contributed by atoms with van der Waals surface area (Å²) >= 11 is 0. The Hall–Kier alpha value is -2.65. The molecule has 0 bridgehead atoms. The highest BCUT2D eigenvalue weighted by molar-refractivity contribution is 7.89. The highest BCUT2D eigenvalue weighted by Crippen LogP contribution is 2.16. The van der Waals surface area contributed by atoms with Gasteiger partial charge in [0.05, 0.1) is 11.5 Å². The standard InChI is InChI=1S/C19H24N2O6S/c1-5-26-15-6-8-16(9-7-15)28(24,25)20-11-19(23)27-12-18(22)17-10-13(2)21(4)14(17)3/h6-10,20H,5,11-12H2,1-4H3. The minimum absolute atomic E-state index is 0.00443. The zero-order valence-electron chi connectivity index (χ0n) is 16.3. The number of Topliss-reactive ketones (excluding diaryl/α,β-unsaturated/α-hetero) is 1. The lowest BCUT2D eigenvalue weighted by Crippen LogP contribution is -2.31. The number of sulfonamides is 1. The van der Waals surface area contributed by atoms with Gasteiger partial charge >= 0.3 is 5.97 Å². The minimum atomic E-state index is -3.88. The molecule has 1 N–H and O–H groups in total. The van der Waals surface area contributed by atoms with Crippen molar-refractivity contribution in [3.05, 3.63) is 47.3 Å². The summed E-state index contributed by atoms with van der Waals surface area (Å²) in [5.74, 6) is -0.636. The monoisotopic (exact) mass is 408 g/mol. The molecule has 9 heteroatoms. The number of benzene rings is 1. The maximum atomic E-state index is 12.2. The lowest BCUT2D eigenvalue weighted by molar-refractivity contribution is -0.141. The van der Waals surface area contributed by atoms with E-state index in [2.05, 4.69) is 4.72 Å². The summed E-state index contributed by atoms with van der Waals surface area (Å²) in [6.45, 7) is 4.93. The van der Waals surface area contributed by atoms with E-state index in [-0.39, 0.29) is 10.7 Å². The molecule has 2 rings (SSSR count). The molecule has 0 aliphatic rings. The lowest BCUT2D eigenvalue weighted by Gasteiger charge is -2.08. The lowest BCUT2D eigenvalue weighted by atomic mass is 10.1. The molecule has 152 valence electrons. The largest absolute Gasteiger partial charge is 0.494 e. The van der Waals surface area contributed by atoms with Crippen LogP contribution in [0.4, 0.5) is 0 Å². The highest BCUT2D eigenvalue weighted by atomic mass is 32.2. The fourth-order valence-corrected chi connectivity index (χ4v) is 3.50. The summed E-state index contributed by atoms with van der Waals surface area (Å²) in [5.41, 5.74) is 2.16. The molecule has 0 radical (unpaired) electrons. The molecule has 0 amide bonds. The van der Waals surface area contributed by atoms with Crippen molar-refractivity contribution in [1.82, 2.24) is 9.29 Å². The van der Waals surface area contributed by atoms with Gasteiger partial charge in [-0.1, -0.05) is 0 Å². The van der Waals surface area contributed by atoms with E-state index in [9.17, 15) is 18.0 Å². The molecule has 8 nitrogen and oxygen atoms in total. The van der Waals surface area contributed by atoms with Gasteiger partial charge in [-0.3, -0.25) is 9.59 Å². The Morgan fingerprint density at radius 2 is 1.79 bits per heavy atom. The van der Waals surface area contributed by atoms with Crippen LogP contribution in [0.5, 0.6) is 5.75 Å². The molecule has 0 saturated carbocycles. The number of carbonyl (C=O) groups is 2. The van der Waals surface area contributed by atoms with Crippen molar-refractivity contribution in [2.24, 2.45) is 7.05 Å². The van der Waals surface area contributed by atoms with Gasteiger partial charge in [-0.05, 0) is 51.1 Å². The van der Waals surface area contributed by atoms with E-state index in [0.717, 1.165) is 11.4 Å². The van der Waals surface area contributed by atoms with Gasteiger partial charge in [-0.2, -0.15) is 4.72 Å². The third-order valence-corrected chi connectivity index (χ3v) is 5.71. The molecule has 0 unspecified atom stereocenters. The zero-order chi connectivity index (χ0) is 20.9. The Morgan fingerprint density at radius 1 is 1.14 bits per heavy atom. The predicted molar refractivity (Wildman–Crippen MR) is 103 cm³/mol. The molecule has 1 heterocycles. The highest BCUT2D eigenvalue weighted by Gasteiger charge is 2.19. The molecular weight excluding hydrogens is 384 g/mol. The first-order valence-corrected chi connectivity index (χ1v) is 10.2. The Morgan fingerprint density at radius 3 is 2.32 bits per heavy atom. The summed E-state index contributed by atoms with van der Waals surface area (Å²) in [6.07, 6.45) is 0. The van der Waals surface area contributed by atoms with Crippen molar-refractivity contribution in [3.8, 4) is 5.75 Å². The van der Waals surface area contributed by atoms with Gasteiger partial charge in [0, 0.05) is 24.0 Å². The first kappa shape index (κ1) is 21.6. The van der Waals surface area contributed by atoms with Crippen LogP contribution in [0.1, 0.15) is 28.7 Å². The van der Waals surface area contributed by atoms with E-state index in [1.54, 1.807) is 13.0 Å². The second-order valence-electron chi connectivity index (χ2n) is 6.16. The molecule has 0 aliphatic carbocycles. The minimum Gasteiger partial charge on any atom is -0.494 e. The fourth-order valence-electron chi connectivity index (χ4n) is 2.53. The Bertz CT molecular complexity index is 961. The van der Waals surface area contributed by atoms with Crippen LogP contribution in [0.3, 0.4) is 0 Å². The Kier molecular flexibility index (Phi) is 6.98. The van der Waals surface area contributed by atoms with Crippen LogP contribution in [0, 0.1) is 13.8 Å². The van der Waals surface area contributed by atoms with E-state index in [1.807, 2.05) is 25.5 Å². The summed E-state index contributed by atoms with van der Waals surface area (Å²) in [6, 6.07) is 7.53. The maximum Gasteiger partial charge on any atom is 0.321 e. The van der Waals surface area contributed by atoms with E-state index in [4.69, 9.17) is 9.47 Å². The van der Waals surface area contributed by atoms with E-state index >= 15 is 0 Å². The van der Waals surface area contributed by atoms with Gasteiger partial charge < -0.3 is 14.0 Å². The van der Waals surface area contributed by atoms with Crippen molar-refractivity contribution in [2.75, 3.05) is 19.8 Å².